The molecule has 0 fully saturated rings. The number of imide groups is 1. The molecule has 0 aliphatic heterocycles. The summed E-state index contributed by atoms with van der Waals surface area (Å²) in [5.74, 6) is 0. The molecule has 0 aromatic carbocycles. The molecule has 0 aromatic rings. The van der Waals surface area contributed by atoms with Gasteiger partial charge in [-0.3, -0.25) is 0 Å². The predicted molar refractivity (Wildman–Crippen MR) is 91.5 cm³/mol. The Morgan fingerprint density at radius 1 is 0.957 bits per heavy atom. The van der Waals surface area contributed by atoms with Crippen LogP contribution in [0.15, 0.2) is 12.2 Å². The van der Waals surface area contributed by atoms with Crippen LogP contribution in [0.2, 0.25) is 0 Å². The van der Waals surface area contributed by atoms with E-state index in [1.165, 1.54) is 0 Å². The number of amides is 2. The summed E-state index contributed by atoms with van der Waals surface area (Å²) in [5, 5.41) is 3.21. The van der Waals surface area contributed by atoms with E-state index in [-0.39, 0.29) is 6.54 Å². The van der Waals surface area contributed by atoms with Crippen molar-refractivity contribution in [3.8, 4) is 0 Å². The summed E-state index contributed by atoms with van der Waals surface area (Å²) in [6, 6.07) is 0. The normalized spacial score (nSPS) is 12.3. The van der Waals surface area contributed by atoms with Gasteiger partial charge in [0.25, 0.3) is 0 Å². The molecule has 0 atom stereocenters. The highest BCUT2D eigenvalue weighted by Crippen LogP contribution is 2.14. The molecule has 1 N–H and O–H groups in total. The summed E-state index contributed by atoms with van der Waals surface area (Å²) in [6.45, 7) is 14.3. The molecule has 0 aromatic heterocycles. The summed E-state index contributed by atoms with van der Waals surface area (Å²) < 4.78 is 10.5. The molecule has 0 aliphatic carbocycles. The van der Waals surface area contributed by atoms with E-state index in [2.05, 4.69) is 12.2 Å². The first kappa shape index (κ1) is 21.4. The molecule has 6 heteroatoms. The van der Waals surface area contributed by atoms with Gasteiger partial charge >= 0.3 is 12.2 Å². The number of hydrogen-bond donors (Lipinski definition) is 1. The molecule has 23 heavy (non-hydrogen) atoms. The van der Waals surface area contributed by atoms with Gasteiger partial charge in [-0.1, -0.05) is 19.1 Å². The molecule has 0 saturated carbocycles. The van der Waals surface area contributed by atoms with Crippen LogP contribution in [0.3, 0.4) is 0 Å². The SMILES string of the molecule is CCCNC/C=C/CN(C(=O)OC(C)(C)C)C(=O)OC(C)(C)C. The van der Waals surface area contributed by atoms with E-state index in [0.29, 0.717) is 6.54 Å². The number of carbonyl (C=O) groups is 2. The fourth-order valence-corrected chi connectivity index (χ4v) is 1.48. The quantitative estimate of drug-likeness (QED) is 0.594. The minimum Gasteiger partial charge on any atom is -0.443 e. The van der Waals surface area contributed by atoms with Gasteiger partial charge in [-0.05, 0) is 54.5 Å². The Balaban J connectivity index is 4.80. The molecule has 0 radical (unpaired) electrons. The van der Waals surface area contributed by atoms with Gasteiger partial charge in [0.15, 0.2) is 0 Å². The van der Waals surface area contributed by atoms with Gasteiger partial charge in [0.1, 0.15) is 11.2 Å². The maximum Gasteiger partial charge on any atom is 0.420 e. The molecule has 6 nitrogen and oxygen atoms in total. The number of ether oxygens (including phenoxy) is 2. The minimum atomic E-state index is -0.710. The van der Waals surface area contributed by atoms with Crippen molar-refractivity contribution in [1.82, 2.24) is 10.2 Å². The fraction of sp³-hybridized carbons (Fsp3) is 0.765. The Hall–Kier alpha value is -1.56. The molecule has 0 unspecified atom stereocenters. The van der Waals surface area contributed by atoms with Crippen molar-refractivity contribution < 1.29 is 19.1 Å². The average Bonchev–Trinajstić information content (AvgIpc) is 2.33. The number of hydrogen-bond acceptors (Lipinski definition) is 5. The van der Waals surface area contributed by atoms with Crippen molar-refractivity contribution in [2.75, 3.05) is 19.6 Å². The van der Waals surface area contributed by atoms with E-state index in [1.807, 2.05) is 6.08 Å². The monoisotopic (exact) mass is 328 g/mol. The second-order valence-corrected chi connectivity index (χ2v) is 7.25. The molecule has 0 bridgehead atoms. The lowest BCUT2D eigenvalue weighted by Gasteiger charge is -2.28. The fourth-order valence-electron chi connectivity index (χ4n) is 1.48. The predicted octanol–water partition coefficient (Wildman–Crippen LogP) is 3.71. The number of carbonyl (C=O) groups excluding carboxylic acids is 2. The minimum absolute atomic E-state index is 0.109. The maximum atomic E-state index is 12.2. The molecular formula is C17H32N2O4. The standard InChI is InChI=1S/C17H32N2O4/c1-8-11-18-12-9-10-13-19(14(20)22-16(2,3)4)15(21)23-17(5,6)7/h9-10,18H,8,11-13H2,1-7H3/b10-9+. The summed E-state index contributed by atoms with van der Waals surface area (Å²) in [6.07, 6.45) is 3.25. The highest BCUT2D eigenvalue weighted by molar-refractivity contribution is 5.88. The highest BCUT2D eigenvalue weighted by Gasteiger charge is 2.30. The topological polar surface area (TPSA) is 67.9 Å². The van der Waals surface area contributed by atoms with Gasteiger partial charge in [0.05, 0.1) is 6.54 Å². The van der Waals surface area contributed by atoms with E-state index < -0.39 is 23.4 Å². The van der Waals surface area contributed by atoms with Crippen LogP contribution >= 0.6 is 0 Å². The molecule has 0 aliphatic rings. The van der Waals surface area contributed by atoms with E-state index in [4.69, 9.17) is 9.47 Å². The van der Waals surface area contributed by atoms with Crippen LogP contribution in [-0.4, -0.2) is 47.9 Å². The molecular weight excluding hydrogens is 296 g/mol. The van der Waals surface area contributed by atoms with Crippen molar-refractivity contribution in [3.05, 3.63) is 12.2 Å². The first-order valence-electron chi connectivity index (χ1n) is 8.05. The lowest BCUT2D eigenvalue weighted by Crippen LogP contribution is -2.43. The summed E-state index contributed by atoms with van der Waals surface area (Å²) in [4.78, 5) is 25.4. The van der Waals surface area contributed by atoms with E-state index in [0.717, 1.165) is 17.9 Å². The zero-order valence-electron chi connectivity index (χ0n) is 15.6. The van der Waals surface area contributed by atoms with Gasteiger partial charge < -0.3 is 14.8 Å². The summed E-state index contributed by atoms with van der Waals surface area (Å²) in [5.41, 5.74) is -1.35. The van der Waals surface area contributed by atoms with Crippen LogP contribution in [0.4, 0.5) is 9.59 Å². The number of nitrogens with one attached hydrogen (secondary N) is 1. The van der Waals surface area contributed by atoms with Crippen molar-refractivity contribution in [1.29, 1.82) is 0 Å². The zero-order chi connectivity index (χ0) is 18.1. The first-order chi connectivity index (χ1) is 10.5. The third-order valence-corrected chi connectivity index (χ3v) is 2.37. The Labute approximate surface area is 140 Å². The smallest absolute Gasteiger partial charge is 0.420 e. The zero-order valence-corrected chi connectivity index (χ0v) is 15.6. The molecule has 2 amide bonds. The van der Waals surface area contributed by atoms with Gasteiger partial charge in [-0.25, -0.2) is 14.5 Å². The van der Waals surface area contributed by atoms with Crippen molar-refractivity contribution >= 4 is 12.2 Å². The highest BCUT2D eigenvalue weighted by atomic mass is 16.6. The van der Waals surface area contributed by atoms with Gasteiger partial charge in [0, 0.05) is 6.54 Å². The van der Waals surface area contributed by atoms with E-state index in [9.17, 15) is 9.59 Å². The van der Waals surface area contributed by atoms with Crippen molar-refractivity contribution in [2.24, 2.45) is 0 Å². The lowest BCUT2D eigenvalue weighted by atomic mass is 10.2. The Bertz CT molecular complexity index is 378. The van der Waals surface area contributed by atoms with E-state index >= 15 is 0 Å². The van der Waals surface area contributed by atoms with Crippen LogP contribution in [0, 0.1) is 0 Å². The largest absolute Gasteiger partial charge is 0.443 e. The van der Waals surface area contributed by atoms with Crippen LogP contribution in [0.1, 0.15) is 54.9 Å². The van der Waals surface area contributed by atoms with Gasteiger partial charge in [-0.15, -0.1) is 0 Å². The maximum absolute atomic E-state index is 12.2. The number of rotatable bonds is 6. The molecule has 0 rings (SSSR count). The Kier molecular flexibility index (Phi) is 8.90. The van der Waals surface area contributed by atoms with Crippen LogP contribution in [0.5, 0.6) is 0 Å². The lowest BCUT2D eigenvalue weighted by molar-refractivity contribution is 0.00373. The second kappa shape index (κ2) is 9.55. The number of nitrogens with zero attached hydrogens (tertiary/aromatic N) is 1. The third kappa shape index (κ3) is 11.6. The van der Waals surface area contributed by atoms with Crippen molar-refractivity contribution in [2.45, 2.75) is 66.1 Å². The average molecular weight is 328 g/mol. The molecule has 0 saturated heterocycles. The molecule has 134 valence electrons. The van der Waals surface area contributed by atoms with Crippen molar-refractivity contribution in [3.63, 3.8) is 0 Å². The first-order valence-corrected chi connectivity index (χ1v) is 8.05. The molecule has 0 heterocycles. The van der Waals surface area contributed by atoms with Gasteiger partial charge in [-0.2, -0.15) is 0 Å². The van der Waals surface area contributed by atoms with E-state index in [1.54, 1.807) is 47.6 Å². The summed E-state index contributed by atoms with van der Waals surface area (Å²) >= 11 is 0. The van der Waals surface area contributed by atoms with Crippen LogP contribution in [0.25, 0.3) is 0 Å². The summed E-state index contributed by atoms with van der Waals surface area (Å²) in [7, 11) is 0. The third-order valence-electron chi connectivity index (χ3n) is 2.37. The molecule has 0 spiro atoms. The van der Waals surface area contributed by atoms with Crippen LogP contribution < -0.4 is 5.32 Å². The van der Waals surface area contributed by atoms with Crippen LogP contribution in [-0.2, 0) is 9.47 Å². The second-order valence-electron chi connectivity index (χ2n) is 7.25. The Morgan fingerprint density at radius 2 is 1.43 bits per heavy atom. The Morgan fingerprint density at radius 3 is 1.83 bits per heavy atom. The van der Waals surface area contributed by atoms with Gasteiger partial charge in [0.2, 0.25) is 0 Å².